The molecule has 0 saturated carbocycles. The summed E-state index contributed by atoms with van der Waals surface area (Å²) in [6.45, 7) is 2.20. The van der Waals surface area contributed by atoms with Crippen molar-refractivity contribution in [3.63, 3.8) is 0 Å². The van der Waals surface area contributed by atoms with E-state index in [1.165, 1.54) is 0 Å². The lowest BCUT2D eigenvalue weighted by Crippen LogP contribution is -2.35. The first kappa shape index (κ1) is 16.2. The number of nitrogens with two attached hydrogens (primary N) is 1. The molecule has 1 aromatic heterocycles. The van der Waals surface area contributed by atoms with E-state index in [2.05, 4.69) is 5.16 Å². The maximum atomic E-state index is 12.2. The summed E-state index contributed by atoms with van der Waals surface area (Å²) in [5.41, 5.74) is 7.48. The standard InChI is InChI=1S/C14H17N3O2.ClH/c1-10-8-12(16-19-10)9-17(2)14(18)13(15)11-6-4-3-5-7-11;/h3-8,13H,9,15H2,1-2H3;1H. The fourth-order valence-electron chi connectivity index (χ4n) is 1.85. The molecule has 0 aliphatic carbocycles. The van der Waals surface area contributed by atoms with Gasteiger partial charge in [-0.05, 0) is 12.5 Å². The van der Waals surface area contributed by atoms with Gasteiger partial charge in [0.15, 0.2) is 0 Å². The van der Waals surface area contributed by atoms with Crippen molar-refractivity contribution in [2.45, 2.75) is 19.5 Å². The smallest absolute Gasteiger partial charge is 0.244 e. The van der Waals surface area contributed by atoms with Gasteiger partial charge in [0, 0.05) is 13.1 Å². The highest BCUT2D eigenvalue weighted by atomic mass is 35.5. The summed E-state index contributed by atoms with van der Waals surface area (Å²) in [7, 11) is 1.70. The molecule has 0 aliphatic rings. The summed E-state index contributed by atoms with van der Waals surface area (Å²) in [5, 5.41) is 3.86. The van der Waals surface area contributed by atoms with Crippen LogP contribution in [-0.4, -0.2) is 23.0 Å². The molecule has 0 bridgehead atoms. The molecule has 5 nitrogen and oxygen atoms in total. The van der Waals surface area contributed by atoms with Gasteiger partial charge in [0.05, 0.1) is 6.54 Å². The Morgan fingerprint density at radius 1 is 1.40 bits per heavy atom. The molecular formula is C14H18ClN3O2. The number of rotatable bonds is 4. The lowest BCUT2D eigenvalue weighted by molar-refractivity contribution is -0.132. The SMILES string of the molecule is Cc1cc(CN(C)C(=O)C(N)c2ccccc2)no1.Cl. The molecule has 1 amide bonds. The number of carbonyl (C=O) groups is 1. The Hall–Kier alpha value is -1.85. The summed E-state index contributed by atoms with van der Waals surface area (Å²) in [6, 6.07) is 10.5. The Bertz CT molecular complexity index is 557. The molecule has 20 heavy (non-hydrogen) atoms. The first-order valence-electron chi connectivity index (χ1n) is 6.05. The average molecular weight is 296 g/mol. The second-order valence-corrected chi connectivity index (χ2v) is 4.51. The fourth-order valence-corrected chi connectivity index (χ4v) is 1.85. The number of likely N-dealkylation sites (N-methyl/N-ethyl adjacent to an activating group) is 1. The maximum Gasteiger partial charge on any atom is 0.244 e. The molecule has 1 unspecified atom stereocenters. The van der Waals surface area contributed by atoms with E-state index in [9.17, 15) is 4.79 Å². The lowest BCUT2D eigenvalue weighted by Gasteiger charge is -2.20. The van der Waals surface area contributed by atoms with Crippen molar-refractivity contribution in [1.82, 2.24) is 10.1 Å². The summed E-state index contributed by atoms with van der Waals surface area (Å²) in [4.78, 5) is 13.7. The molecule has 1 atom stereocenters. The van der Waals surface area contributed by atoms with Crippen molar-refractivity contribution in [3.05, 3.63) is 53.4 Å². The zero-order valence-electron chi connectivity index (χ0n) is 11.4. The van der Waals surface area contributed by atoms with E-state index in [1.807, 2.05) is 37.3 Å². The maximum absolute atomic E-state index is 12.2. The van der Waals surface area contributed by atoms with Crippen molar-refractivity contribution < 1.29 is 9.32 Å². The zero-order valence-corrected chi connectivity index (χ0v) is 12.3. The average Bonchev–Trinajstić information content (AvgIpc) is 2.83. The minimum Gasteiger partial charge on any atom is -0.361 e. The van der Waals surface area contributed by atoms with E-state index in [4.69, 9.17) is 10.3 Å². The van der Waals surface area contributed by atoms with E-state index < -0.39 is 6.04 Å². The Kier molecular flexibility index (Phi) is 5.73. The molecule has 0 radical (unpaired) electrons. The number of halogens is 1. The van der Waals surface area contributed by atoms with Crippen LogP contribution < -0.4 is 5.73 Å². The van der Waals surface area contributed by atoms with Gasteiger partial charge in [0.25, 0.3) is 0 Å². The van der Waals surface area contributed by atoms with Gasteiger partial charge in [-0.25, -0.2) is 0 Å². The van der Waals surface area contributed by atoms with Crippen molar-refractivity contribution in [3.8, 4) is 0 Å². The third-order valence-electron chi connectivity index (χ3n) is 2.88. The van der Waals surface area contributed by atoms with Crippen LogP contribution in [0.2, 0.25) is 0 Å². The molecule has 108 valence electrons. The van der Waals surface area contributed by atoms with Gasteiger partial charge >= 0.3 is 0 Å². The number of aromatic nitrogens is 1. The van der Waals surface area contributed by atoms with Gasteiger partial charge in [-0.3, -0.25) is 4.79 Å². The second-order valence-electron chi connectivity index (χ2n) is 4.51. The van der Waals surface area contributed by atoms with Crippen molar-refractivity contribution in [2.75, 3.05) is 7.05 Å². The van der Waals surface area contributed by atoms with Crippen molar-refractivity contribution in [1.29, 1.82) is 0 Å². The molecule has 2 aromatic rings. The molecule has 6 heteroatoms. The van der Waals surface area contributed by atoms with Crippen LogP contribution in [0.25, 0.3) is 0 Å². The van der Waals surface area contributed by atoms with Crippen LogP contribution in [0.1, 0.15) is 23.1 Å². The summed E-state index contributed by atoms with van der Waals surface area (Å²) >= 11 is 0. The zero-order chi connectivity index (χ0) is 13.8. The highest BCUT2D eigenvalue weighted by Crippen LogP contribution is 2.13. The number of hydrogen-bond acceptors (Lipinski definition) is 4. The molecule has 0 fully saturated rings. The molecular weight excluding hydrogens is 278 g/mol. The Morgan fingerprint density at radius 2 is 2.05 bits per heavy atom. The largest absolute Gasteiger partial charge is 0.361 e. The predicted molar refractivity (Wildman–Crippen MR) is 78.3 cm³/mol. The molecule has 2 rings (SSSR count). The fraction of sp³-hybridized carbons (Fsp3) is 0.286. The highest BCUT2D eigenvalue weighted by molar-refractivity contribution is 5.85. The number of amides is 1. The third kappa shape index (κ3) is 3.82. The Morgan fingerprint density at radius 3 is 2.60 bits per heavy atom. The summed E-state index contributed by atoms with van der Waals surface area (Å²) in [6.07, 6.45) is 0. The van der Waals surface area contributed by atoms with Gasteiger partial charge < -0.3 is 15.2 Å². The van der Waals surface area contributed by atoms with Gasteiger partial charge in [-0.1, -0.05) is 35.5 Å². The quantitative estimate of drug-likeness (QED) is 0.937. The van der Waals surface area contributed by atoms with E-state index in [0.717, 1.165) is 11.3 Å². The third-order valence-corrected chi connectivity index (χ3v) is 2.88. The number of nitrogens with zero attached hydrogens (tertiary/aromatic N) is 2. The second kappa shape index (κ2) is 7.07. The Labute approximate surface area is 124 Å². The molecule has 2 N–H and O–H groups in total. The van der Waals surface area contributed by atoms with Gasteiger partial charge in [0.2, 0.25) is 5.91 Å². The minimum atomic E-state index is -0.654. The molecule has 0 saturated heterocycles. The first-order chi connectivity index (χ1) is 9.08. The van der Waals surface area contributed by atoms with Gasteiger partial charge in [-0.2, -0.15) is 0 Å². The van der Waals surface area contributed by atoms with Crippen LogP contribution in [-0.2, 0) is 11.3 Å². The first-order valence-corrected chi connectivity index (χ1v) is 6.05. The number of aryl methyl sites for hydroxylation is 1. The minimum absolute atomic E-state index is 0. The van der Waals surface area contributed by atoms with Crippen LogP contribution in [0.5, 0.6) is 0 Å². The van der Waals surface area contributed by atoms with Crippen molar-refractivity contribution in [2.24, 2.45) is 5.73 Å². The summed E-state index contributed by atoms with van der Waals surface area (Å²) in [5.74, 6) is 0.579. The van der Waals surface area contributed by atoms with Crippen molar-refractivity contribution >= 4 is 18.3 Å². The van der Waals surface area contributed by atoms with Crippen LogP contribution >= 0.6 is 12.4 Å². The normalized spacial score (nSPS) is 11.6. The van der Waals surface area contributed by atoms with Crippen LogP contribution in [0.4, 0.5) is 0 Å². The van der Waals surface area contributed by atoms with Crippen LogP contribution in [0.3, 0.4) is 0 Å². The monoisotopic (exact) mass is 295 g/mol. The molecule has 1 heterocycles. The topological polar surface area (TPSA) is 72.4 Å². The number of hydrogen-bond donors (Lipinski definition) is 1. The van der Waals surface area contributed by atoms with E-state index in [-0.39, 0.29) is 18.3 Å². The van der Waals surface area contributed by atoms with E-state index in [0.29, 0.717) is 12.2 Å². The summed E-state index contributed by atoms with van der Waals surface area (Å²) < 4.78 is 4.97. The lowest BCUT2D eigenvalue weighted by atomic mass is 10.1. The molecule has 0 aliphatic heterocycles. The Balaban J connectivity index is 0.00000200. The van der Waals surface area contributed by atoms with Crippen LogP contribution in [0.15, 0.2) is 40.9 Å². The number of benzene rings is 1. The highest BCUT2D eigenvalue weighted by Gasteiger charge is 2.20. The number of carbonyl (C=O) groups excluding carboxylic acids is 1. The van der Waals surface area contributed by atoms with E-state index in [1.54, 1.807) is 18.0 Å². The van der Waals surface area contributed by atoms with Crippen LogP contribution in [0, 0.1) is 6.92 Å². The van der Waals surface area contributed by atoms with E-state index >= 15 is 0 Å². The van der Waals surface area contributed by atoms with Gasteiger partial charge in [-0.15, -0.1) is 12.4 Å². The predicted octanol–water partition coefficient (Wildman–Crippen LogP) is 2.06. The van der Waals surface area contributed by atoms with Gasteiger partial charge in [0.1, 0.15) is 17.5 Å². The molecule has 1 aromatic carbocycles. The molecule has 0 spiro atoms.